The summed E-state index contributed by atoms with van der Waals surface area (Å²) in [6.07, 6.45) is -1.72. The molecule has 0 bridgehead atoms. The fraction of sp³-hybridized carbons (Fsp3) is 0.462. The van der Waals surface area contributed by atoms with E-state index in [1.807, 2.05) is 0 Å². The summed E-state index contributed by atoms with van der Waals surface area (Å²) in [6.45, 7) is -0.244. The molecule has 1 atom stereocenters. The summed E-state index contributed by atoms with van der Waals surface area (Å²) in [5.41, 5.74) is -2.51. The quantitative estimate of drug-likeness (QED) is 0.620. The number of alkyl halides is 3. The molecule has 0 aliphatic heterocycles. The number of amides is 2. The van der Waals surface area contributed by atoms with Gasteiger partial charge in [0.15, 0.2) is 0 Å². The number of aromatic nitrogens is 4. The van der Waals surface area contributed by atoms with Gasteiger partial charge >= 0.3 is 12.2 Å². The maximum absolute atomic E-state index is 13.3. The van der Waals surface area contributed by atoms with E-state index in [4.69, 9.17) is 0 Å². The van der Waals surface area contributed by atoms with E-state index in [2.05, 4.69) is 25.8 Å². The van der Waals surface area contributed by atoms with Crippen LogP contribution >= 0.6 is 0 Å². The molecule has 2 amide bonds. The second-order valence-electron chi connectivity index (χ2n) is 5.16. The van der Waals surface area contributed by atoms with Gasteiger partial charge in [-0.15, -0.1) is 0 Å². The molecule has 2 rings (SSSR count). The Labute approximate surface area is 135 Å². The van der Waals surface area contributed by atoms with Crippen LogP contribution in [0.1, 0.15) is 17.9 Å². The van der Waals surface area contributed by atoms with E-state index in [1.165, 1.54) is 19.4 Å². The standard InChI is InChI=1S/C13H17F3N6O2/c1-22-7-6-17-10(22)12(24,13(14,15)16)3-5-18-11(23)19-8-9-2-4-20-21-9/h2,4,6-7,24H,3,5,8H2,1H3,(H,20,21)(H2,18,19,23). The van der Waals surface area contributed by atoms with Crippen LogP contribution in [0.4, 0.5) is 18.0 Å². The third-order valence-corrected chi connectivity index (χ3v) is 3.43. The molecule has 1 unspecified atom stereocenters. The maximum Gasteiger partial charge on any atom is 0.424 e. The van der Waals surface area contributed by atoms with Crippen LogP contribution in [0.25, 0.3) is 0 Å². The van der Waals surface area contributed by atoms with Crippen molar-refractivity contribution in [2.24, 2.45) is 7.05 Å². The molecule has 0 radical (unpaired) electrons. The second-order valence-corrected chi connectivity index (χ2v) is 5.16. The van der Waals surface area contributed by atoms with Gasteiger partial charge in [-0.05, 0) is 6.07 Å². The Hall–Kier alpha value is -2.56. The molecule has 0 saturated heterocycles. The van der Waals surface area contributed by atoms with E-state index in [-0.39, 0.29) is 6.54 Å². The Bertz CT molecular complexity index is 670. The molecule has 11 heteroatoms. The zero-order valence-corrected chi connectivity index (χ0v) is 12.8. The van der Waals surface area contributed by atoms with Crippen molar-refractivity contribution in [3.05, 3.63) is 36.2 Å². The number of imidazole rings is 1. The number of halogens is 3. The number of hydrogen-bond donors (Lipinski definition) is 4. The topological polar surface area (TPSA) is 108 Å². The zero-order valence-electron chi connectivity index (χ0n) is 12.8. The first-order valence-electron chi connectivity index (χ1n) is 7.01. The number of H-pyrrole nitrogens is 1. The number of nitrogens with zero attached hydrogens (tertiary/aromatic N) is 3. The molecule has 132 valence electrons. The molecular weight excluding hydrogens is 329 g/mol. The highest BCUT2D eigenvalue weighted by Gasteiger charge is 2.57. The van der Waals surface area contributed by atoms with Crippen molar-refractivity contribution in [3.8, 4) is 0 Å². The van der Waals surface area contributed by atoms with Crippen molar-refractivity contribution in [1.29, 1.82) is 0 Å². The Morgan fingerprint density at radius 2 is 2.12 bits per heavy atom. The average Bonchev–Trinajstić information content (AvgIpc) is 3.15. The van der Waals surface area contributed by atoms with Gasteiger partial charge in [-0.1, -0.05) is 0 Å². The number of aromatic amines is 1. The predicted molar refractivity (Wildman–Crippen MR) is 76.6 cm³/mol. The first-order valence-corrected chi connectivity index (χ1v) is 7.01. The predicted octanol–water partition coefficient (Wildman–Crippen LogP) is 0.783. The molecule has 4 N–H and O–H groups in total. The number of aliphatic hydroxyl groups is 1. The zero-order chi connectivity index (χ0) is 17.8. The normalized spacial score (nSPS) is 14.2. The smallest absolute Gasteiger partial charge is 0.374 e. The number of carbonyl (C=O) groups excluding carboxylic acids is 1. The third kappa shape index (κ3) is 3.85. The van der Waals surface area contributed by atoms with Crippen LogP contribution < -0.4 is 10.6 Å². The molecule has 0 aromatic carbocycles. The van der Waals surface area contributed by atoms with Crippen LogP contribution in [-0.4, -0.2) is 43.6 Å². The summed E-state index contributed by atoms with van der Waals surface area (Å²) in [6, 6.07) is 0.984. The van der Waals surface area contributed by atoms with Gasteiger partial charge < -0.3 is 20.3 Å². The van der Waals surface area contributed by atoms with Crippen molar-refractivity contribution in [2.45, 2.75) is 24.7 Å². The molecule has 0 saturated carbocycles. The summed E-state index contributed by atoms with van der Waals surface area (Å²) in [5, 5.41) is 21.1. The number of carbonyl (C=O) groups is 1. The molecule has 8 nitrogen and oxygen atoms in total. The second kappa shape index (κ2) is 6.91. The van der Waals surface area contributed by atoms with Gasteiger partial charge in [0.1, 0.15) is 5.82 Å². The number of aryl methyl sites for hydroxylation is 1. The largest absolute Gasteiger partial charge is 0.424 e. The van der Waals surface area contributed by atoms with Crippen LogP contribution in [0.5, 0.6) is 0 Å². The van der Waals surface area contributed by atoms with Crippen molar-refractivity contribution in [2.75, 3.05) is 6.54 Å². The molecule has 0 aliphatic carbocycles. The Kier molecular flexibility index (Phi) is 5.12. The van der Waals surface area contributed by atoms with E-state index in [0.717, 1.165) is 10.8 Å². The first kappa shape index (κ1) is 17.8. The molecule has 2 heterocycles. The summed E-state index contributed by atoms with van der Waals surface area (Å²) in [7, 11) is 1.35. The van der Waals surface area contributed by atoms with Crippen LogP contribution in [0.3, 0.4) is 0 Å². The minimum atomic E-state index is -4.93. The highest BCUT2D eigenvalue weighted by atomic mass is 19.4. The van der Waals surface area contributed by atoms with Crippen molar-refractivity contribution in [1.82, 2.24) is 30.4 Å². The van der Waals surface area contributed by atoms with Gasteiger partial charge in [0.2, 0.25) is 5.60 Å². The first-order chi connectivity index (χ1) is 11.2. The van der Waals surface area contributed by atoms with Crippen LogP contribution in [0.2, 0.25) is 0 Å². The molecule has 24 heavy (non-hydrogen) atoms. The van der Waals surface area contributed by atoms with Gasteiger partial charge in [-0.2, -0.15) is 18.3 Å². The minimum Gasteiger partial charge on any atom is -0.374 e. The summed E-state index contributed by atoms with van der Waals surface area (Å²) >= 11 is 0. The van der Waals surface area contributed by atoms with Crippen LogP contribution in [0.15, 0.2) is 24.7 Å². The highest BCUT2D eigenvalue weighted by Crippen LogP contribution is 2.40. The van der Waals surface area contributed by atoms with Gasteiger partial charge in [0.25, 0.3) is 0 Å². The molecule has 2 aromatic rings. The Morgan fingerprint density at radius 1 is 1.38 bits per heavy atom. The fourth-order valence-corrected chi connectivity index (χ4v) is 2.12. The lowest BCUT2D eigenvalue weighted by atomic mass is 9.97. The maximum atomic E-state index is 13.3. The highest BCUT2D eigenvalue weighted by molar-refractivity contribution is 5.73. The lowest BCUT2D eigenvalue weighted by molar-refractivity contribution is -0.272. The fourth-order valence-electron chi connectivity index (χ4n) is 2.12. The summed E-state index contributed by atoms with van der Waals surface area (Å²) in [5.74, 6) is -0.533. The Balaban J connectivity index is 1.92. The summed E-state index contributed by atoms with van der Waals surface area (Å²) < 4.78 is 40.9. The molecular formula is C13H17F3N6O2. The van der Waals surface area contributed by atoms with Crippen molar-refractivity contribution in [3.63, 3.8) is 0 Å². The van der Waals surface area contributed by atoms with E-state index in [0.29, 0.717) is 5.69 Å². The molecule has 0 aliphatic rings. The monoisotopic (exact) mass is 346 g/mol. The van der Waals surface area contributed by atoms with E-state index >= 15 is 0 Å². The van der Waals surface area contributed by atoms with Crippen LogP contribution in [0, 0.1) is 0 Å². The van der Waals surface area contributed by atoms with E-state index in [1.54, 1.807) is 6.07 Å². The minimum absolute atomic E-state index is 0.148. The molecule has 0 spiro atoms. The number of rotatable bonds is 6. The number of nitrogens with one attached hydrogen (secondary N) is 3. The SMILES string of the molecule is Cn1ccnc1C(O)(CCNC(=O)NCc1ccn[nH]1)C(F)(F)F. The average molecular weight is 346 g/mol. The van der Waals surface area contributed by atoms with Gasteiger partial charge in [0, 0.05) is 38.6 Å². The number of hydrogen-bond acceptors (Lipinski definition) is 4. The van der Waals surface area contributed by atoms with Crippen molar-refractivity contribution >= 4 is 6.03 Å². The third-order valence-electron chi connectivity index (χ3n) is 3.43. The van der Waals surface area contributed by atoms with Gasteiger partial charge in [0.05, 0.1) is 12.2 Å². The Morgan fingerprint density at radius 3 is 2.67 bits per heavy atom. The molecule has 2 aromatic heterocycles. The lowest BCUT2D eigenvalue weighted by Crippen LogP contribution is -2.47. The van der Waals surface area contributed by atoms with E-state index < -0.39 is 36.6 Å². The van der Waals surface area contributed by atoms with Gasteiger partial charge in [-0.3, -0.25) is 5.10 Å². The summed E-state index contributed by atoms with van der Waals surface area (Å²) in [4.78, 5) is 15.2. The van der Waals surface area contributed by atoms with E-state index in [9.17, 15) is 23.1 Å². The molecule has 0 fully saturated rings. The lowest BCUT2D eigenvalue weighted by Gasteiger charge is -2.29. The van der Waals surface area contributed by atoms with Gasteiger partial charge in [-0.25, -0.2) is 9.78 Å². The van der Waals surface area contributed by atoms with Crippen LogP contribution in [-0.2, 0) is 19.2 Å². The number of urea groups is 1. The van der Waals surface area contributed by atoms with Crippen molar-refractivity contribution < 1.29 is 23.1 Å².